The molecule has 2 rings (SSSR count). The fourth-order valence-electron chi connectivity index (χ4n) is 2.93. The average molecular weight is 407 g/mol. The minimum Gasteiger partial charge on any atom is -0.477 e. The second-order valence-electron chi connectivity index (χ2n) is 7.92. The van der Waals surface area contributed by atoms with E-state index >= 15 is 0 Å². The SMILES string of the molecule is CCC1(CN(CCCc2ccccc2)C(=O)OC(C)(C)C)NC(C(=O)O)=CS1. The molecule has 1 aliphatic rings. The van der Waals surface area contributed by atoms with Gasteiger partial charge in [-0.2, -0.15) is 0 Å². The van der Waals surface area contributed by atoms with Crippen LogP contribution >= 0.6 is 11.8 Å². The minimum absolute atomic E-state index is 0.167. The van der Waals surface area contributed by atoms with Crippen molar-refractivity contribution in [2.45, 2.75) is 57.4 Å². The number of nitrogens with zero attached hydrogens (tertiary/aromatic N) is 1. The molecule has 0 saturated carbocycles. The Hall–Kier alpha value is -2.15. The van der Waals surface area contributed by atoms with E-state index in [1.165, 1.54) is 17.3 Å². The number of hydrogen-bond donors (Lipinski definition) is 2. The number of aliphatic carboxylic acids is 1. The van der Waals surface area contributed by atoms with Crippen molar-refractivity contribution >= 4 is 23.8 Å². The van der Waals surface area contributed by atoms with E-state index in [2.05, 4.69) is 17.4 Å². The van der Waals surface area contributed by atoms with Crippen LogP contribution in [0, 0.1) is 0 Å². The van der Waals surface area contributed by atoms with E-state index in [-0.39, 0.29) is 11.8 Å². The maximum absolute atomic E-state index is 12.8. The lowest BCUT2D eigenvalue weighted by atomic mass is 10.1. The van der Waals surface area contributed by atoms with Gasteiger partial charge in [0.1, 0.15) is 16.2 Å². The summed E-state index contributed by atoms with van der Waals surface area (Å²) in [6.07, 6.45) is 1.95. The van der Waals surface area contributed by atoms with E-state index in [1.54, 1.807) is 10.3 Å². The summed E-state index contributed by atoms with van der Waals surface area (Å²) in [5.41, 5.74) is 0.801. The number of rotatable bonds is 8. The first-order valence-corrected chi connectivity index (χ1v) is 10.4. The summed E-state index contributed by atoms with van der Waals surface area (Å²) in [7, 11) is 0. The molecule has 1 heterocycles. The van der Waals surface area contributed by atoms with Crippen molar-refractivity contribution < 1.29 is 19.4 Å². The molecule has 154 valence electrons. The van der Waals surface area contributed by atoms with Crippen LogP contribution in [-0.4, -0.2) is 45.6 Å². The predicted octanol–water partition coefficient (Wildman–Crippen LogP) is 4.23. The molecule has 0 fully saturated rings. The van der Waals surface area contributed by atoms with E-state index in [4.69, 9.17) is 4.74 Å². The lowest BCUT2D eigenvalue weighted by Gasteiger charge is -2.35. The van der Waals surface area contributed by atoms with E-state index in [0.717, 1.165) is 12.8 Å². The topological polar surface area (TPSA) is 78.9 Å². The molecule has 0 spiro atoms. The van der Waals surface area contributed by atoms with Crippen molar-refractivity contribution in [3.63, 3.8) is 0 Å². The Morgan fingerprint density at radius 3 is 2.46 bits per heavy atom. The Labute approximate surface area is 171 Å². The number of ether oxygens (including phenoxy) is 1. The third-order valence-corrected chi connectivity index (χ3v) is 5.73. The van der Waals surface area contributed by atoms with Crippen LogP contribution in [0.3, 0.4) is 0 Å². The third-order valence-electron chi connectivity index (χ3n) is 4.40. The van der Waals surface area contributed by atoms with Crippen molar-refractivity contribution in [2.75, 3.05) is 13.1 Å². The fraction of sp³-hybridized carbons (Fsp3) is 0.524. The Balaban J connectivity index is 2.06. The van der Waals surface area contributed by atoms with E-state index in [1.807, 2.05) is 45.9 Å². The molecule has 0 aliphatic carbocycles. The number of aryl methyl sites for hydroxylation is 1. The first-order chi connectivity index (χ1) is 13.1. The molecule has 1 amide bonds. The highest BCUT2D eigenvalue weighted by molar-refractivity contribution is 8.03. The van der Waals surface area contributed by atoms with E-state index < -0.39 is 16.4 Å². The van der Waals surface area contributed by atoms with Gasteiger partial charge in [-0.25, -0.2) is 9.59 Å². The fourth-order valence-corrected chi connectivity index (χ4v) is 4.00. The Morgan fingerprint density at radius 2 is 1.93 bits per heavy atom. The minimum atomic E-state index is -0.990. The quantitative estimate of drug-likeness (QED) is 0.673. The molecule has 6 nitrogen and oxygen atoms in total. The highest BCUT2D eigenvalue weighted by Crippen LogP contribution is 2.36. The van der Waals surface area contributed by atoms with Gasteiger partial charge in [0.05, 0.1) is 6.54 Å². The van der Waals surface area contributed by atoms with Gasteiger partial charge in [0.15, 0.2) is 0 Å². The van der Waals surface area contributed by atoms with E-state index in [9.17, 15) is 14.7 Å². The molecular formula is C21H30N2O4S. The van der Waals surface area contributed by atoms with Gasteiger partial charge in [-0.1, -0.05) is 37.3 Å². The van der Waals surface area contributed by atoms with Gasteiger partial charge in [-0.15, -0.1) is 11.8 Å². The molecule has 2 N–H and O–H groups in total. The maximum atomic E-state index is 12.8. The smallest absolute Gasteiger partial charge is 0.410 e. The molecule has 0 radical (unpaired) electrons. The van der Waals surface area contributed by atoms with Gasteiger partial charge in [0.2, 0.25) is 0 Å². The van der Waals surface area contributed by atoms with Gasteiger partial charge < -0.3 is 20.1 Å². The second-order valence-corrected chi connectivity index (χ2v) is 9.17. The number of carboxylic acid groups (broad SMARTS) is 1. The summed E-state index contributed by atoms with van der Waals surface area (Å²) < 4.78 is 5.59. The largest absolute Gasteiger partial charge is 0.477 e. The Morgan fingerprint density at radius 1 is 1.25 bits per heavy atom. The third kappa shape index (κ3) is 6.48. The molecule has 1 atom stereocenters. The lowest BCUT2D eigenvalue weighted by molar-refractivity contribution is -0.133. The number of carbonyl (C=O) groups is 2. The summed E-state index contributed by atoms with van der Waals surface area (Å²) in [5, 5.41) is 14.0. The molecule has 1 aromatic rings. The van der Waals surface area contributed by atoms with Crippen LogP contribution in [0.25, 0.3) is 0 Å². The zero-order chi connectivity index (χ0) is 20.8. The summed E-state index contributed by atoms with van der Waals surface area (Å²) >= 11 is 1.42. The molecule has 1 aromatic carbocycles. The van der Waals surface area contributed by atoms with Crippen LogP contribution in [-0.2, 0) is 16.0 Å². The van der Waals surface area contributed by atoms with Crippen molar-refractivity contribution in [2.24, 2.45) is 0 Å². The molecule has 0 aromatic heterocycles. The molecular weight excluding hydrogens is 376 g/mol. The van der Waals surface area contributed by atoms with Crippen LogP contribution in [0.1, 0.15) is 46.1 Å². The Bertz CT molecular complexity index is 715. The summed E-state index contributed by atoms with van der Waals surface area (Å²) in [5.74, 6) is -0.990. The average Bonchev–Trinajstić information content (AvgIpc) is 3.05. The molecule has 1 unspecified atom stereocenters. The van der Waals surface area contributed by atoms with Crippen LogP contribution in [0.4, 0.5) is 4.79 Å². The van der Waals surface area contributed by atoms with Gasteiger partial charge in [-0.3, -0.25) is 0 Å². The van der Waals surface area contributed by atoms with Gasteiger partial charge in [0, 0.05) is 12.0 Å². The first-order valence-electron chi connectivity index (χ1n) is 9.55. The number of carbonyl (C=O) groups excluding carboxylic acids is 1. The van der Waals surface area contributed by atoms with Crippen molar-refractivity contribution in [1.29, 1.82) is 0 Å². The van der Waals surface area contributed by atoms with Crippen LogP contribution < -0.4 is 5.32 Å². The normalized spacial score (nSPS) is 18.9. The second kappa shape index (κ2) is 9.37. The van der Waals surface area contributed by atoms with Crippen LogP contribution in [0.2, 0.25) is 0 Å². The Kier molecular flexibility index (Phi) is 7.41. The standard InChI is InChI=1S/C21H30N2O4S/c1-5-21(22-17(14-28-21)18(24)25)15-23(19(26)27-20(2,3)4)13-9-12-16-10-7-6-8-11-16/h6-8,10-11,14,22H,5,9,12-13,15H2,1-4H3,(H,24,25). The van der Waals surface area contributed by atoms with Gasteiger partial charge in [0.25, 0.3) is 0 Å². The molecule has 28 heavy (non-hydrogen) atoms. The maximum Gasteiger partial charge on any atom is 0.410 e. The molecule has 7 heteroatoms. The van der Waals surface area contributed by atoms with Crippen molar-refractivity contribution in [3.05, 3.63) is 47.0 Å². The number of carboxylic acids is 1. The zero-order valence-electron chi connectivity index (χ0n) is 17.0. The summed E-state index contributed by atoms with van der Waals surface area (Å²) in [6.45, 7) is 8.41. The zero-order valence-corrected chi connectivity index (χ0v) is 17.8. The lowest BCUT2D eigenvalue weighted by Crippen LogP contribution is -2.51. The van der Waals surface area contributed by atoms with Gasteiger partial charge in [-0.05, 0) is 45.6 Å². The predicted molar refractivity (Wildman–Crippen MR) is 112 cm³/mol. The highest BCUT2D eigenvalue weighted by Gasteiger charge is 2.39. The first kappa shape index (κ1) is 22.1. The van der Waals surface area contributed by atoms with Gasteiger partial charge >= 0.3 is 12.1 Å². The van der Waals surface area contributed by atoms with Crippen molar-refractivity contribution in [3.8, 4) is 0 Å². The highest BCUT2D eigenvalue weighted by atomic mass is 32.2. The monoisotopic (exact) mass is 406 g/mol. The summed E-state index contributed by atoms with van der Waals surface area (Å²) in [6, 6.07) is 10.1. The number of amides is 1. The number of nitrogens with one attached hydrogen (secondary N) is 1. The number of hydrogen-bond acceptors (Lipinski definition) is 5. The van der Waals surface area contributed by atoms with E-state index in [0.29, 0.717) is 19.5 Å². The molecule has 0 bridgehead atoms. The molecule has 0 saturated heterocycles. The van der Waals surface area contributed by atoms with Crippen molar-refractivity contribution in [1.82, 2.24) is 10.2 Å². The van der Waals surface area contributed by atoms with Crippen LogP contribution in [0.5, 0.6) is 0 Å². The number of benzene rings is 1. The van der Waals surface area contributed by atoms with Crippen LogP contribution in [0.15, 0.2) is 41.4 Å². The molecule has 1 aliphatic heterocycles. The summed E-state index contributed by atoms with van der Waals surface area (Å²) in [4.78, 5) is 25.2. The number of thioether (sulfide) groups is 1.